The largest absolute Gasteiger partial charge is 0.383 e. The van der Waals surface area contributed by atoms with E-state index < -0.39 is 15.3 Å². The molecule has 0 aromatic rings. The Hall–Kier alpha value is -0.640. The molecule has 0 amide bonds. The van der Waals surface area contributed by atoms with E-state index in [1.807, 2.05) is 6.07 Å². The molecule has 0 aliphatic rings. The standard InChI is InChI=1S/C9H18N2O3S/c1-4-9(8-10)15(12,13)11(5-2)6-7-14-3/h9H,4-7H2,1-3H3. The molecule has 5 nitrogen and oxygen atoms in total. The maximum Gasteiger partial charge on any atom is 0.230 e. The maximum absolute atomic E-state index is 11.9. The molecule has 0 aromatic heterocycles. The van der Waals surface area contributed by atoms with E-state index in [-0.39, 0.29) is 0 Å². The molecule has 6 heteroatoms. The highest BCUT2D eigenvalue weighted by Crippen LogP contribution is 2.11. The number of hydrogen-bond donors (Lipinski definition) is 0. The van der Waals surface area contributed by atoms with Gasteiger partial charge in [-0.15, -0.1) is 0 Å². The van der Waals surface area contributed by atoms with Gasteiger partial charge in [0.25, 0.3) is 0 Å². The predicted molar refractivity (Wildman–Crippen MR) is 57.7 cm³/mol. The van der Waals surface area contributed by atoms with E-state index >= 15 is 0 Å². The number of rotatable bonds is 7. The normalized spacial score (nSPS) is 13.8. The third kappa shape index (κ3) is 3.78. The minimum absolute atomic E-state index is 0.299. The van der Waals surface area contributed by atoms with Crippen LogP contribution in [0.1, 0.15) is 20.3 Å². The lowest BCUT2D eigenvalue weighted by Gasteiger charge is -2.22. The molecule has 0 fully saturated rings. The molecule has 15 heavy (non-hydrogen) atoms. The van der Waals surface area contributed by atoms with Crippen molar-refractivity contribution in [3.05, 3.63) is 0 Å². The van der Waals surface area contributed by atoms with E-state index in [0.717, 1.165) is 0 Å². The zero-order valence-electron chi connectivity index (χ0n) is 9.43. The van der Waals surface area contributed by atoms with E-state index in [1.54, 1.807) is 13.8 Å². The number of ether oxygens (including phenoxy) is 1. The van der Waals surface area contributed by atoms with Crippen LogP contribution in [0.5, 0.6) is 0 Å². The summed E-state index contributed by atoms with van der Waals surface area (Å²) in [6.07, 6.45) is 0.308. The highest BCUT2D eigenvalue weighted by molar-refractivity contribution is 7.90. The van der Waals surface area contributed by atoms with Gasteiger partial charge in [-0.1, -0.05) is 13.8 Å². The van der Waals surface area contributed by atoms with Gasteiger partial charge < -0.3 is 4.74 Å². The first kappa shape index (κ1) is 14.4. The van der Waals surface area contributed by atoms with E-state index in [2.05, 4.69) is 0 Å². The summed E-state index contributed by atoms with van der Waals surface area (Å²) in [6, 6.07) is 1.81. The first-order chi connectivity index (χ1) is 7.04. The SMILES string of the molecule is CCC(C#N)S(=O)(=O)N(CC)CCOC. The van der Waals surface area contributed by atoms with Crippen molar-refractivity contribution in [1.29, 1.82) is 5.26 Å². The minimum Gasteiger partial charge on any atom is -0.383 e. The Bertz CT molecular complexity index is 308. The fourth-order valence-electron chi connectivity index (χ4n) is 1.21. The number of hydrogen-bond acceptors (Lipinski definition) is 4. The Kier molecular flexibility index (Phi) is 6.48. The Labute approximate surface area is 91.7 Å². The monoisotopic (exact) mass is 234 g/mol. The van der Waals surface area contributed by atoms with Crippen molar-refractivity contribution in [3.8, 4) is 6.07 Å². The van der Waals surface area contributed by atoms with Gasteiger partial charge in [0.1, 0.15) is 0 Å². The molecule has 0 spiro atoms. The molecular formula is C9H18N2O3S. The molecule has 0 saturated carbocycles. The summed E-state index contributed by atoms with van der Waals surface area (Å²) in [5.74, 6) is 0. The first-order valence-corrected chi connectivity index (χ1v) is 6.42. The van der Waals surface area contributed by atoms with Gasteiger partial charge in [0.05, 0.1) is 12.7 Å². The Balaban J connectivity index is 4.73. The van der Waals surface area contributed by atoms with E-state index in [1.165, 1.54) is 11.4 Å². The van der Waals surface area contributed by atoms with Crippen LogP contribution in [0.15, 0.2) is 0 Å². The summed E-state index contributed by atoms with van der Waals surface area (Å²) in [4.78, 5) is 0. The van der Waals surface area contributed by atoms with Gasteiger partial charge in [0, 0.05) is 20.2 Å². The van der Waals surface area contributed by atoms with Crippen LogP contribution < -0.4 is 0 Å². The molecule has 0 radical (unpaired) electrons. The summed E-state index contributed by atoms with van der Waals surface area (Å²) < 4.78 is 29.9. The lowest BCUT2D eigenvalue weighted by molar-refractivity contribution is 0.180. The van der Waals surface area contributed by atoms with Crippen molar-refractivity contribution in [1.82, 2.24) is 4.31 Å². The molecule has 88 valence electrons. The Morgan fingerprint density at radius 3 is 2.40 bits per heavy atom. The lowest BCUT2D eigenvalue weighted by atomic mass is 10.4. The molecular weight excluding hydrogens is 216 g/mol. The second kappa shape index (κ2) is 6.77. The summed E-state index contributed by atoms with van der Waals surface area (Å²) in [6.45, 7) is 4.44. The van der Waals surface area contributed by atoms with Crippen LogP contribution in [0.4, 0.5) is 0 Å². The molecule has 0 aliphatic carbocycles. The van der Waals surface area contributed by atoms with Crippen LogP contribution in [-0.4, -0.2) is 44.8 Å². The van der Waals surface area contributed by atoms with Gasteiger partial charge in [-0.25, -0.2) is 8.42 Å². The molecule has 0 aromatic carbocycles. The van der Waals surface area contributed by atoms with Crippen molar-refractivity contribution in [3.63, 3.8) is 0 Å². The maximum atomic E-state index is 11.9. The molecule has 0 heterocycles. The van der Waals surface area contributed by atoms with Gasteiger partial charge >= 0.3 is 0 Å². The number of likely N-dealkylation sites (N-methyl/N-ethyl adjacent to an activating group) is 1. The van der Waals surface area contributed by atoms with Gasteiger partial charge in [-0.3, -0.25) is 0 Å². The number of sulfonamides is 1. The van der Waals surface area contributed by atoms with Crippen LogP contribution in [0.25, 0.3) is 0 Å². The highest BCUT2D eigenvalue weighted by Gasteiger charge is 2.29. The first-order valence-electron chi connectivity index (χ1n) is 4.92. The third-order valence-corrected chi connectivity index (χ3v) is 4.45. The van der Waals surface area contributed by atoms with Gasteiger partial charge in [-0.05, 0) is 6.42 Å². The summed E-state index contributed by atoms with van der Waals surface area (Å²) >= 11 is 0. The van der Waals surface area contributed by atoms with Crippen LogP contribution in [0.2, 0.25) is 0 Å². The molecule has 0 saturated heterocycles. The van der Waals surface area contributed by atoms with Crippen LogP contribution in [-0.2, 0) is 14.8 Å². The van der Waals surface area contributed by atoms with Crippen molar-refractivity contribution >= 4 is 10.0 Å². The van der Waals surface area contributed by atoms with E-state index in [0.29, 0.717) is 26.1 Å². The quantitative estimate of drug-likeness (QED) is 0.646. The van der Waals surface area contributed by atoms with Crippen molar-refractivity contribution in [2.75, 3.05) is 26.8 Å². The smallest absolute Gasteiger partial charge is 0.230 e. The molecule has 0 N–H and O–H groups in total. The minimum atomic E-state index is -3.49. The molecule has 0 rings (SSSR count). The second-order valence-corrected chi connectivity index (χ2v) is 5.17. The zero-order chi connectivity index (χ0) is 11.9. The lowest BCUT2D eigenvalue weighted by Crippen LogP contribution is -2.39. The summed E-state index contributed by atoms with van der Waals surface area (Å²) in [5.41, 5.74) is 0. The van der Waals surface area contributed by atoms with Crippen molar-refractivity contribution < 1.29 is 13.2 Å². The van der Waals surface area contributed by atoms with Crippen LogP contribution >= 0.6 is 0 Å². The van der Waals surface area contributed by atoms with E-state index in [9.17, 15) is 8.42 Å². The predicted octanol–water partition coefficient (Wildman–Crippen LogP) is 0.587. The number of methoxy groups -OCH3 is 1. The van der Waals surface area contributed by atoms with Crippen LogP contribution in [0, 0.1) is 11.3 Å². The topological polar surface area (TPSA) is 70.4 Å². The summed E-state index contributed by atoms with van der Waals surface area (Å²) in [5, 5.41) is 7.79. The molecule has 1 atom stereocenters. The molecule has 1 unspecified atom stereocenters. The van der Waals surface area contributed by atoms with Crippen molar-refractivity contribution in [2.45, 2.75) is 25.5 Å². The number of nitrogens with zero attached hydrogens (tertiary/aromatic N) is 2. The van der Waals surface area contributed by atoms with Gasteiger partial charge in [0.2, 0.25) is 10.0 Å². The van der Waals surface area contributed by atoms with Crippen LogP contribution in [0.3, 0.4) is 0 Å². The average Bonchev–Trinajstić information content (AvgIpc) is 2.20. The van der Waals surface area contributed by atoms with Gasteiger partial charge in [-0.2, -0.15) is 9.57 Å². The second-order valence-electron chi connectivity index (χ2n) is 3.06. The third-order valence-electron chi connectivity index (χ3n) is 2.13. The molecule has 0 bridgehead atoms. The van der Waals surface area contributed by atoms with Gasteiger partial charge in [0.15, 0.2) is 5.25 Å². The molecule has 0 aliphatic heterocycles. The Morgan fingerprint density at radius 2 is 2.07 bits per heavy atom. The van der Waals surface area contributed by atoms with E-state index in [4.69, 9.17) is 10.00 Å². The van der Waals surface area contributed by atoms with Crippen molar-refractivity contribution in [2.24, 2.45) is 0 Å². The zero-order valence-corrected chi connectivity index (χ0v) is 10.2. The highest BCUT2D eigenvalue weighted by atomic mass is 32.2. The Morgan fingerprint density at radius 1 is 1.47 bits per heavy atom. The average molecular weight is 234 g/mol. The number of nitriles is 1. The fraction of sp³-hybridized carbons (Fsp3) is 0.889. The summed E-state index contributed by atoms with van der Waals surface area (Å²) in [7, 11) is -1.98. The fourth-order valence-corrected chi connectivity index (χ4v) is 2.81.